The quantitative estimate of drug-likeness (QED) is 0.0232. The summed E-state index contributed by atoms with van der Waals surface area (Å²) >= 11 is 0. The first kappa shape index (κ1) is 66.1. The number of hydrogen-bond donors (Lipinski definition) is 7. The van der Waals surface area contributed by atoms with Gasteiger partial charge in [-0.2, -0.15) is 0 Å². The molecule has 8 unspecified atom stereocenters. The highest BCUT2D eigenvalue weighted by Gasteiger charge is 2.44. The summed E-state index contributed by atoms with van der Waals surface area (Å²) in [6, 6.07) is -0.999. The molecule has 1 aliphatic rings. The van der Waals surface area contributed by atoms with Gasteiger partial charge < -0.3 is 45.4 Å². The fourth-order valence-corrected chi connectivity index (χ4v) is 9.21. The third-order valence-electron chi connectivity index (χ3n) is 14.0. The highest BCUT2D eigenvalue weighted by molar-refractivity contribution is 5.80. The van der Waals surface area contributed by atoms with E-state index in [9.17, 15) is 35.4 Å². The molecule has 1 amide bonds. The Labute approximate surface area is 429 Å². The van der Waals surface area contributed by atoms with Crippen molar-refractivity contribution in [1.82, 2.24) is 5.32 Å². The first-order chi connectivity index (χ1) is 34.3. The van der Waals surface area contributed by atoms with Crippen LogP contribution in [0.4, 0.5) is 0 Å². The SMILES string of the molecule is CCCCCCCCCCC/C=C\C/C=C\CCCCCCCCCCCCCCC(O)C(=O)NC(COC1OC(CO)C(O)C(O)C1O)C(O)/C=C/CC/C=C/CCCCCCCCCCCCC. The summed E-state index contributed by atoms with van der Waals surface area (Å²) in [6.07, 6.45) is 55.0. The van der Waals surface area contributed by atoms with Gasteiger partial charge in [-0.3, -0.25) is 4.79 Å². The van der Waals surface area contributed by atoms with Gasteiger partial charge in [0.1, 0.15) is 30.5 Å². The molecule has 0 aliphatic carbocycles. The number of aliphatic hydroxyl groups excluding tert-OH is 6. The van der Waals surface area contributed by atoms with Crippen molar-refractivity contribution in [1.29, 1.82) is 0 Å². The van der Waals surface area contributed by atoms with Crippen LogP contribution in [0.15, 0.2) is 48.6 Å². The van der Waals surface area contributed by atoms with Crippen molar-refractivity contribution in [2.24, 2.45) is 0 Å². The molecular weight excluding hydrogens is 879 g/mol. The molecule has 7 N–H and O–H groups in total. The van der Waals surface area contributed by atoms with Crippen LogP contribution in [0, 0.1) is 0 Å². The first-order valence-corrected chi connectivity index (χ1v) is 29.5. The minimum atomic E-state index is -1.62. The molecule has 1 aliphatic heterocycles. The smallest absolute Gasteiger partial charge is 0.249 e. The zero-order valence-corrected chi connectivity index (χ0v) is 45.1. The molecule has 0 bridgehead atoms. The number of ether oxygens (including phenoxy) is 2. The van der Waals surface area contributed by atoms with Crippen molar-refractivity contribution in [3.8, 4) is 0 Å². The average Bonchev–Trinajstić information content (AvgIpc) is 3.36. The van der Waals surface area contributed by atoms with Crippen molar-refractivity contribution in [2.45, 2.75) is 313 Å². The number of amides is 1. The fourth-order valence-electron chi connectivity index (χ4n) is 9.21. The van der Waals surface area contributed by atoms with Gasteiger partial charge in [-0.05, 0) is 64.2 Å². The molecule has 1 rings (SSSR count). The maximum Gasteiger partial charge on any atom is 0.249 e. The highest BCUT2D eigenvalue weighted by atomic mass is 16.7. The molecule has 8 atom stereocenters. The van der Waals surface area contributed by atoms with Gasteiger partial charge in [0.15, 0.2) is 6.29 Å². The molecule has 10 nitrogen and oxygen atoms in total. The number of hydrogen-bond acceptors (Lipinski definition) is 9. The number of rotatable bonds is 50. The van der Waals surface area contributed by atoms with Gasteiger partial charge in [0.2, 0.25) is 5.91 Å². The second-order valence-electron chi connectivity index (χ2n) is 20.6. The molecule has 0 aromatic carbocycles. The Hall–Kier alpha value is -1.89. The van der Waals surface area contributed by atoms with E-state index >= 15 is 0 Å². The van der Waals surface area contributed by atoms with E-state index in [1.807, 2.05) is 6.08 Å². The lowest BCUT2D eigenvalue weighted by atomic mass is 9.99. The number of unbranched alkanes of at least 4 members (excludes halogenated alkanes) is 33. The lowest BCUT2D eigenvalue weighted by molar-refractivity contribution is -0.302. The van der Waals surface area contributed by atoms with Gasteiger partial charge in [-0.15, -0.1) is 0 Å². The second kappa shape index (κ2) is 49.3. The van der Waals surface area contributed by atoms with Gasteiger partial charge in [0, 0.05) is 0 Å². The van der Waals surface area contributed by atoms with Crippen molar-refractivity contribution in [2.75, 3.05) is 13.2 Å². The molecule has 0 aromatic heterocycles. The standard InChI is InChI=1S/C60H111NO9/c1-3-5-7-9-11-13-15-17-19-21-22-23-24-25-26-27-28-29-30-31-33-35-37-39-41-43-45-47-49-54(64)59(68)61-52(51-69-60-58(67)57(66)56(65)55(50-62)70-60)53(63)48-46-44-42-40-38-36-34-32-20-18-16-14-12-10-8-6-4-2/h22-23,25-26,38,40,46,48,52-58,60,62-67H,3-21,24,27-37,39,41-45,47,49-51H2,1-2H3,(H,61,68)/b23-22-,26-25-,40-38+,48-46+. The van der Waals surface area contributed by atoms with E-state index in [1.165, 1.54) is 193 Å². The normalized spacial score (nSPS) is 20.1. The summed E-state index contributed by atoms with van der Waals surface area (Å²) in [7, 11) is 0. The van der Waals surface area contributed by atoms with E-state index in [2.05, 4.69) is 55.6 Å². The van der Waals surface area contributed by atoms with Crippen molar-refractivity contribution in [3.05, 3.63) is 48.6 Å². The summed E-state index contributed by atoms with van der Waals surface area (Å²) in [6.45, 7) is 3.62. The molecule has 0 aromatic rings. The van der Waals surface area contributed by atoms with Crippen LogP contribution in [-0.2, 0) is 14.3 Å². The third-order valence-corrected chi connectivity index (χ3v) is 14.0. The van der Waals surface area contributed by atoms with Gasteiger partial charge in [-0.25, -0.2) is 0 Å². The molecule has 1 heterocycles. The van der Waals surface area contributed by atoms with Crippen LogP contribution in [-0.4, -0.2) is 98.7 Å². The lowest BCUT2D eigenvalue weighted by Crippen LogP contribution is -2.60. The summed E-state index contributed by atoms with van der Waals surface area (Å²) in [4.78, 5) is 13.1. The maximum absolute atomic E-state index is 13.1. The third kappa shape index (κ3) is 37.8. The Balaban J connectivity index is 2.25. The van der Waals surface area contributed by atoms with Crippen LogP contribution in [0.25, 0.3) is 0 Å². The van der Waals surface area contributed by atoms with Crippen LogP contribution < -0.4 is 5.32 Å². The van der Waals surface area contributed by atoms with E-state index in [-0.39, 0.29) is 6.61 Å². The van der Waals surface area contributed by atoms with Crippen LogP contribution in [0.5, 0.6) is 0 Å². The largest absolute Gasteiger partial charge is 0.394 e. The van der Waals surface area contributed by atoms with Crippen LogP contribution in [0.2, 0.25) is 0 Å². The zero-order valence-electron chi connectivity index (χ0n) is 45.1. The number of carbonyl (C=O) groups is 1. The molecule has 70 heavy (non-hydrogen) atoms. The summed E-state index contributed by atoms with van der Waals surface area (Å²) < 4.78 is 11.2. The van der Waals surface area contributed by atoms with E-state index in [1.54, 1.807) is 6.08 Å². The molecule has 0 saturated carbocycles. The Morgan fingerprint density at radius 3 is 1.33 bits per heavy atom. The van der Waals surface area contributed by atoms with Gasteiger partial charge >= 0.3 is 0 Å². The second-order valence-corrected chi connectivity index (χ2v) is 20.6. The Kier molecular flexibility index (Phi) is 46.6. The van der Waals surface area contributed by atoms with E-state index < -0.39 is 61.5 Å². The van der Waals surface area contributed by atoms with Gasteiger partial charge in [0.25, 0.3) is 0 Å². The minimum absolute atomic E-state index is 0.301. The van der Waals surface area contributed by atoms with Crippen LogP contribution >= 0.6 is 0 Å². The predicted octanol–water partition coefficient (Wildman–Crippen LogP) is 13.5. The molecule has 0 spiro atoms. The molecule has 10 heteroatoms. The number of aliphatic hydroxyl groups is 6. The van der Waals surface area contributed by atoms with E-state index in [0.29, 0.717) is 19.3 Å². The van der Waals surface area contributed by atoms with Crippen LogP contribution in [0.3, 0.4) is 0 Å². The molecular formula is C60H111NO9. The Morgan fingerprint density at radius 1 is 0.500 bits per heavy atom. The molecule has 410 valence electrons. The summed E-state index contributed by atoms with van der Waals surface area (Å²) in [5.41, 5.74) is 0. The topological polar surface area (TPSA) is 169 Å². The maximum atomic E-state index is 13.1. The number of carbonyl (C=O) groups excluding carboxylic acids is 1. The molecule has 1 saturated heterocycles. The average molecular weight is 991 g/mol. The number of nitrogens with one attached hydrogen (secondary N) is 1. The zero-order chi connectivity index (χ0) is 51.0. The lowest BCUT2D eigenvalue weighted by Gasteiger charge is -2.40. The van der Waals surface area contributed by atoms with E-state index in [4.69, 9.17) is 9.47 Å². The van der Waals surface area contributed by atoms with E-state index in [0.717, 1.165) is 38.5 Å². The fraction of sp³-hybridized carbons (Fsp3) is 0.850. The van der Waals surface area contributed by atoms with Crippen molar-refractivity contribution < 1.29 is 44.9 Å². The Morgan fingerprint density at radius 2 is 0.886 bits per heavy atom. The minimum Gasteiger partial charge on any atom is -0.394 e. The molecule has 1 fully saturated rings. The monoisotopic (exact) mass is 990 g/mol. The number of allylic oxidation sites excluding steroid dienone is 7. The Bertz CT molecular complexity index is 1260. The first-order valence-electron chi connectivity index (χ1n) is 29.5. The van der Waals surface area contributed by atoms with Crippen molar-refractivity contribution in [3.63, 3.8) is 0 Å². The summed E-state index contributed by atoms with van der Waals surface area (Å²) in [5, 5.41) is 65.0. The summed E-state index contributed by atoms with van der Waals surface area (Å²) in [5.74, 6) is -0.626. The van der Waals surface area contributed by atoms with Crippen LogP contribution in [0.1, 0.15) is 264 Å². The van der Waals surface area contributed by atoms with Gasteiger partial charge in [-0.1, -0.05) is 249 Å². The van der Waals surface area contributed by atoms with Gasteiger partial charge in [0.05, 0.1) is 25.4 Å². The predicted molar refractivity (Wildman–Crippen MR) is 292 cm³/mol. The highest BCUT2D eigenvalue weighted by Crippen LogP contribution is 2.23. The molecule has 0 radical (unpaired) electrons. The van der Waals surface area contributed by atoms with Crippen molar-refractivity contribution >= 4 is 5.91 Å².